The predicted octanol–water partition coefficient (Wildman–Crippen LogP) is 14.5. The Morgan fingerprint density at radius 1 is 0.567 bits per heavy atom. The van der Waals surface area contributed by atoms with Crippen LogP contribution < -0.4 is 10.2 Å². The number of nitrogens with one attached hydrogen (secondary N) is 1. The lowest BCUT2D eigenvalue weighted by atomic mass is 10.0. The summed E-state index contributed by atoms with van der Waals surface area (Å²) < 4.78 is 23.0. The minimum Gasteiger partial charge on any atom is -0.756 e. The Balaban J connectivity index is 3.67. The number of quaternary nitrogens is 1. The quantitative estimate of drug-likeness (QED) is 0.0273. The second-order valence-electron chi connectivity index (χ2n) is 19.2. The van der Waals surface area contributed by atoms with Crippen LogP contribution in [0.4, 0.5) is 0 Å². The molecule has 0 aliphatic heterocycles. The predicted molar refractivity (Wildman–Crippen MR) is 256 cm³/mol. The van der Waals surface area contributed by atoms with E-state index in [1.165, 1.54) is 199 Å². The normalized spacial score (nSPS) is 14.2. The molecule has 8 nitrogen and oxygen atoms in total. The zero-order valence-corrected chi connectivity index (χ0v) is 41.6. The minimum atomic E-state index is -4.56. The lowest BCUT2D eigenvalue weighted by Gasteiger charge is -2.29. The van der Waals surface area contributed by atoms with Crippen LogP contribution in [-0.2, 0) is 18.4 Å². The van der Waals surface area contributed by atoms with Gasteiger partial charge in [-0.2, -0.15) is 0 Å². The largest absolute Gasteiger partial charge is 0.756 e. The van der Waals surface area contributed by atoms with Crippen LogP contribution in [0, 0.1) is 0 Å². The molecule has 2 N–H and O–H groups in total. The standard InChI is InChI=1S/C51H103N2O6P/c1-6-8-10-12-13-14-15-16-17-18-19-20-21-22-23-24-25-26-27-28-29-30-31-32-33-34-35-36-37-38-39-40-41-43-45-51(55)52-49(50(54)44-42-11-9-7-2)48-59-60(56,57)58-47-46-53(3,4)5/h42,44,49-50,54H,6-41,43,45-48H2,1-5H3,(H-,52,55,56,57)/b44-42+. The Bertz CT molecular complexity index is 989. The molecule has 358 valence electrons. The second-order valence-corrected chi connectivity index (χ2v) is 20.7. The molecular weight excluding hydrogens is 768 g/mol. The first kappa shape index (κ1) is 59.2. The number of unbranched alkanes of at least 4 members (excludes halogenated alkanes) is 35. The van der Waals surface area contributed by atoms with E-state index in [4.69, 9.17) is 9.05 Å². The van der Waals surface area contributed by atoms with Crippen LogP contribution >= 0.6 is 7.82 Å². The molecule has 0 spiro atoms. The van der Waals surface area contributed by atoms with Gasteiger partial charge in [0.25, 0.3) is 7.82 Å². The van der Waals surface area contributed by atoms with E-state index >= 15 is 0 Å². The highest BCUT2D eigenvalue weighted by Crippen LogP contribution is 2.38. The van der Waals surface area contributed by atoms with Gasteiger partial charge in [-0.15, -0.1) is 0 Å². The third-order valence-electron chi connectivity index (χ3n) is 12.0. The molecule has 1 amide bonds. The van der Waals surface area contributed by atoms with Crippen molar-refractivity contribution in [2.24, 2.45) is 0 Å². The van der Waals surface area contributed by atoms with E-state index in [0.29, 0.717) is 17.4 Å². The minimum absolute atomic E-state index is 0.000513. The van der Waals surface area contributed by atoms with Gasteiger partial charge in [0.1, 0.15) is 13.2 Å². The highest BCUT2D eigenvalue weighted by molar-refractivity contribution is 7.45. The van der Waals surface area contributed by atoms with E-state index in [-0.39, 0.29) is 19.1 Å². The highest BCUT2D eigenvalue weighted by Gasteiger charge is 2.23. The number of phosphoric ester groups is 1. The molecular formula is C51H103N2O6P. The molecule has 0 bridgehead atoms. The number of amides is 1. The molecule has 0 saturated heterocycles. The van der Waals surface area contributed by atoms with E-state index in [1.807, 2.05) is 27.2 Å². The SMILES string of the molecule is CCCC/C=C/C(O)C(COP(=O)([O-])OCC[N+](C)(C)C)NC(=O)CCCCCCCCCCCCCCCCCCCCCCCCCCCCCCCCCCCC. The molecule has 0 radical (unpaired) electrons. The molecule has 0 saturated carbocycles. The molecule has 0 aromatic carbocycles. The van der Waals surface area contributed by atoms with Gasteiger partial charge >= 0.3 is 0 Å². The Morgan fingerprint density at radius 2 is 0.900 bits per heavy atom. The summed E-state index contributed by atoms with van der Waals surface area (Å²) in [6.07, 6.45) is 52.4. The molecule has 3 unspecified atom stereocenters. The highest BCUT2D eigenvalue weighted by atomic mass is 31.2. The van der Waals surface area contributed by atoms with Gasteiger partial charge in [-0.05, 0) is 12.8 Å². The second kappa shape index (κ2) is 43.5. The van der Waals surface area contributed by atoms with Crippen molar-refractivity contribution in [2.45, 2.75) is 270 Å². The number of aliphatic hydroxyl groups excluding tert-OH is 1. The molecule has 9 heteroatoms. The number of hydrogen-bond donors (Lipinski definition) is 2. The van der Waals surface area contributed by atoms with E-state index < -0.39 is 20.0 Å². The number of phosphoric acid groups is 1. The molecule has 0 aliphatic rings. The number of aliphatic hydroxyl groups is 1. The van der Waals surface area contributed by atoms with Crippen molar-refractivity contribution >= 4 is 13.7 Å². The molecule has 0 aliphatic carbocycles. The number of allylic oxidation sites excluding steroid dienone is 1. The van der Waals surface area contributed by atoms with Crippen LogP contribution in [-0.4, -0.2) is 68.5 Å². The topological polar surface area (TPSA) is 108 Å². The Morgan fingerprint density at radius 3 is 1.23 bits per heavy atom. The van der Waals surface area contributed by atoms with Crippen LogP contribution in [0.2, 0.25) is 0 Å². The summed E-state index contributed by atoms with van der Waals surface area (Å²) in [5.74, 6) is -0.202. The van der Waals surface area contributed by atoms with E-state index in [1.54, 1.807) is 6.08 Å². The number of nitrogens with zero attached hydrogens (tertiary/aromatic N) is 1. The Hall–Kier alpha value is -0.760. The van der Waals surface area contributed by atoms with Crippen LogP contribution in [0.5, 0.6) is 0 Å². The van der Waals surface area contributed by atoms with Crippen LogP contribution in [0.25, 0.3) is 0 Å². The molecule has 0 aromatic rings. The van der Waals surface area contributed by atoms with Crippen LogP contribution in [0.3, 0.4) is 0 Å². The van der Waals surface area contributed by atoms with E-state index in [2.05, 4.69) is 19.2 Å². The zero-order valence-electron chi connectivity index (χ0n) is 40.7. The maximum Gasteiger partial charge on any atom is 0.268 e. The fourth-order valence-electron chi connectivity index (χ4n) is 7.85. The first-order chi connectivity index (χ1) is 29.0. The monoisotopic (exact) mass is 871 g/mol. The lowest BCUT2D eigenvalue weighted by Crippen LogP contribution is -2.45. The molecule has 0 heterocycles. The lowest BCUT2D eigenvalue weighted by molar-refractivity contribution is -0.870. The number of carbonyl (C=O) groups excluding carboxylic acids is 1. The van der Waals surface area contributed by atoms with Crippen molar-refractivity contribution in [2.75, 3.05) is 40.9 Å². The van der Waals surface area contributed by atoms with Crippen molar-refractivity contribution in [3.63, 3.8) is 0 Å². The van der Waals surface area contributed by atoms with Crippen LogP contribution in [0.15, 0.2) is 12.2 Å². The summed E-state index contributed by atoms with van der Waals surface area (Å²) in [5.41, 5.74) is 0. The van der Waals surface area contributed by atoms with Crippen molar-refractivity contribution < 1.29 is 32.9 Å². The summed E-state index contributed by atoms with van der Waals surface area (Å²) in [5, 5.41) is 13.5. The fourth-order valence-corrected chi connectivity index (χ4v) is 8.57. The van der Waals surface area contributed by atoms with Gasteiger partial charge in [-0.1, -0.05) is 251 Å². The van der Waals surface area contributed by atoms with E-state index in [0.717, 1.165) is 38.5 Å². The van der Waals surface area contributed by atoms with Crippen LogP contribution in [0.1, 0.15) is 258 Å². The van der Waals surface area contributed by atoms with Crippen molar-refractivity contribution in [3.8, 4) is 0 Å². The van der Waals surface area contributed by atoms with Gasteiger partial charge in [0.05, 0.1) is 39.9 Å². The van der Waals surface area contributed by atoms with Gasteiger partial charge in [-0.3, -0.25) is 9.36 Å². The summed E-state index contributed by atoms with van der Waals surface area (Å²) in [7, 11) is 1.27. The van der Waals surface area contributed by atoms with Gasteiger partial charge in [-0.25, -0.2) is 0 Å². The molecule has 0 aromatic heterocycles. The average Bonchev–Trinajstić information content (AvgIpc) is 3.20. The number of carbonyl (C=O) groups is 1. The Kier molecular flexibility index (Phi) is 42.9. The van der Waals surface area contributed by atoms with Gasteiger partial charge < -0.3 is 28.8 Å². The third kappa shape index (κ3) is 45.3. The first-order valence-electron chi connectivity index (χ1n) is 26.1. The van der Waals surface area contributed by atoms with Gasteiger partial charge in [0.2, 0.25) is 5.91 Å². The average molecular weight is 871 g/mol. The van der Waals surface area contributed by atoms with Crippen molar-refractivity contribution in [1.82, 2.24) is 5.32 Å². The molecule has 0 fully saturated rings. The summed E-state index contributed by atoms with van der Waals surface area (Å²) in [4.78, 5) is 25.1. The smallest absolute Gasteiger partial charge is 0.268 e. The Labute approximate surface area is 373 Å². The maximum absolute atomic E-state index is 12.7. The first-order valence-corrected chi connectivity index (χ1v) is 27.5. The maximum atomic E-state index is 12.7. The van der Waals surface area contributed by atoms with Crippen molar-refractivity contribution in [3.05, 3.63) is 12.2 Å². The summed E-state index contributed by atoms with van der Waals surface area (Å²) in [6, 6.07) is -0.877. The van der Waals surface area contributed by atoms with Gasteiger partial charge in [0, 0.05) is 6.42 Å². The zero-order chi connectivity index (χ0) is 44.3. The summed E-state index contributed by atoms with van der Waals surface area (Å²) >= 11 is 0. The molecule has 0 rings (SSSR count). The summed E-state index contributed by atoms with van der Waals surface area (Å²) in [6.45, 7) is 4.51. The molecule has 60 heavy (non-hydrogen) atoms. The number of hydrogen-bond acceptors (Lipinski definition) is 6. The van der Waals surface area contributed by atoms with E-state index in [9.17, 15) is 19.4 Å². The number of likely N-dealkylation sites (N-methyl/N-ethyl adjacent to an activating group) is 1. The fraction of sp³-hybridized carbons (Fsp3) is 0.941. The number of rotatable bonds is 48. The molecule has 3 atom stereocenters. The third-order valence-corrected chi connectivity index (χ3v) is 13.0. The van der Waals surface area contributed by atoms with Gasteiger partial charge in [0.15, 0.2) is 0 Å². The van der Waals surface area contributed by atoms with Crippen molar-refractivity contribution in [1.29, 1.82) is 0 Å².